The number of benzene rings is 2. The van der Waals surface area contributed by atoms with Crippen LogP contribution in [0.15, 0.2) is 48.2 Å². The van der Waals surface area contributed by atoms with E-state index in [0.29, 0.717) is 43.3 Å². The van der Waals surface area contributed by atoms with E-state index in [9.17, 15) is 9.59 Å². The highest BCUT2D eigenvalue weighted by Gasteiger charge is 2.42. The van der Waals surface area contributed by atoms with Crippen molar-refractivity contribution in [1.82, 2.24) is 9.80 Å². The third-order valence-electron chi connectivity index (χ3n) is 5.77. The molecule has 2 aromatic carbocycles. The van der Waals surface area contributed by atoms with Gasteiger partial charge < -0.3 is 19.1 Å². The van der Waals surface area contributed by atoms with Gasteiger partial charge in [-0.1, -0.05) is 23.8 Å². The zero-order valence-electron chi connectivity index (χ0n) is 18.7. The normalized spacial score (nSPS) is 16.7. The zero-order valence-corrected chi connectivity index (χ0v) is 18.7. The van der Waals surface area contributed by atoms with E-state index in [2.05, 4.69) is 0 Å². The molecule has 2 heterocycles. The van der Waals surface area contributed by atoms with E-state index in [0.717, 1.165) is 22.4 Å². The molecule has 0 bridgehead atoms. The zero-order chi connectivity index (χ0) is 22.7. The molecular formula is C25H28N2O5. The van der Waals surface area contributed by atoms with Crippen LogP contribution in [0.4, 0.5) is 0 Å². The van der Waals surface area contributed by atoms with Crippen LogP contribution in [0.5, 0.6) is 11.5 Å². The molecule has 2 aliphatic rings. The Morgan fingerprint density at radius 2 is 1.62 bits per heavy atom. The number of carbonyl (C=O) groups excluding carboxylic acids is 2. The Bertz CT molecular complexity index is 1040. The molecule has 0 unspecified atom stereocenters. The summed E-state index contributed by atoms with van der Waals surface area (Å²) in [5.41, 5.74) is 3.83. The Labute approximate surface area is 188 Å². The summed E-state index contributed by atoms with van der Waals surface area (Å²) in [5.74, 6) is 0.840. The molecule has 0 radical (unpaired) electrons. The van der Waals surface area contributed by atoms with Crippen LogP contribution in [-0.4, -0.2) is 68.2 Å². The monoisotopic (exact) mass is 436 g/mol. The predicted octanol–water partition coefficient (Wildman–Crippen LogP) is 2.80. The number of hydrogen-bond acceptors (Lipinski definition) is 6. The van der Waals surface area contributed by atoms with Gasteiger partial charge in [0.15, 0.2) is 0 Å². The fourth-order valence-electron chi connectivity index (χ4n) is 4.11. The lowest BCUT2D eigenvalue weighted by Gasteiger charge is -2.29. The van der Waals surface area contributed by atoms with E-state index in [1.54, 1.807) is 31.4 Å². The van der Waals surface area contributed by atoms with Crippen LogP contribution in [0.2, 0.25) is 0 Å². The molecule has 7 heteroatoms. The lowest BCUT2D eigenvalue weighted by Crippen LogP contribution is -2.41. The Kier molecular flexibility index (Phi) is 6.46. The molecule has 32 heavy (non-hydrogen) atoms. The highest BCUT2D eigenvalue weighted by atomic mass is 16.5. The van der Waals surface area contributed by atoms with Gasteiger partial charge in [0.25, 0.3) is 11.8 Å². The van der Waals surface area contributed by atoms with Crippen molar-refractivity contribution in [3.63, 3.8) is 0 Å². The third-order valence-corrected chi connectivity index (χ3v) is 5.77. The van der Waals surface area contributed by atoms with Gasteiger partial charge in [-0.25, -0.2) is 0 Å². The highest BCUT2D eigenvalue weighted by molar-refractivity contribution is 6.35. The molecule has 0 atom stereocenters. The molecule has 7 nitrogen and oxygen atoms in total. The van der Waals surface area contributed by atoms with E-state index in [1.807, 2.05) is 36.9 Å². The average Bonchev–Trinajstić information content (AvgIpc) is 3.05. The minimum Gasteiger partial charge on any atom is -0.497 e. The Morgan fingerprint density at radius 3 is 2.28 bits per heavy atom. The summed E-state index contributed by atoms with van der Waals surface area (Å²) in [4.78, 5) is 30.1. The summed E-state index contributed by atoms with van der Waals surface area (Å²) in [6.07, 6.45) is 0. The van der Waals surface area contributed by atoms with Crippen molar-refractivity contribution in [1.29, 1.82) is 0 Å². The maximum absolute atomic E-state index is 13.4. The van der Waals surface area contributed by atoms with Gasteiger partial charge in [-0.15, -0.1) is 0 Å². The third kappa shape index (κ3) is 4.34. The molecule has 2 aromatic rings. The maximum Gasteiger partial charge on any atom is 0.277 e. The second-order valence-electron chi connectivity index (χ2n) is 7.93. The number of aryl methyl sites for hydroxylation is 2. The Hall–Kier alpha value is -3.32. The number of rotatable bonds is 7. The summed E-state index contributed by atoms with van der Waals surface area (Å²) >= 11 is 0. The molecule has 2 amide bonds. The van der Waals surface area contributed by atoms with Crippen LogP contribution in [0.3, 0.4) is 0 Å². The van der Waals surface area contributed by atoms with Crippen molar-refractivity contribution in [2.45, 2.75) is 13.8 Å². The second kappa shape index (κ2) is 9.44. The summed E-state index contributed by atoms with van der Waals surface area (Å²) in [6.45, 7) is 6.60. The number of nitrogens with zero attached hydrogens (tertiary/aromatic N) is 2. The van der Waals surface area contributed by atoms with E-state index >= 15 is 0 Å². The molecule has 2 aliphatic heterocycles. The number of ether oxygens (including phenoxy) is 3. The van der Waals surface area contributed by atoms with Crippen LogP contribution in [0, 0.1) is 13.8 Å². The van der Waals surface area contributed by atoms with Gasteiger partial charge in [-0.2, -0.15) is 0 Å². The first-order valence-corrected chi connectivity index (χ1v) is 10.8. The number of methoxy groups -OCH3 is 1. The highest BCUT2D eigenvalue weighted by Crippen LogP contribution is 2.34. The number of hydrogen-bond donors (Lipinski definition) is 0. The first-order chi connectivity index (χ1) is 15.5. The van der Waals surface area contributed by atoms with Crippen molar-refractivity contribution in [2.24, 2.45) is 0 Å². The average molecular weight is 437 g/mol. The van der Waals surface area contributed by atoms with Crippen LogP contribution >= 0.6 is 0 Å². The van der Waals surface area contributed by atoms with Crippen LogP contribution in [0.25, 0.3) is 5.57 Å². The van der Waals surface area contributed by atoms with Crippen molar-refractivity contribution < 1.29 is 23.8 Å². The molecule has 1 saturated heterocycles. The minimum atomic E-state index is -0.276. The smallest absolute Gasteiger partial charge is 0.277 e. The van der Waals surface area contributed by atoms with E-state index in [1.165, 1.54) is 4.90 Å². The maximum atomic E-state index is 13.4. The number of imide groups is 1. The van der Waals surface area contributed by atoms with E-state index < -0.39 is 0 Å². The standard InChI is InChI=1S/C25H28N2O5/c1-17-4-9-21(18(2)16-17)22-23(26-10-13-31-14-11-26)25(29)27(24(22)28)12-15-32-20-7-5-19(30-3)6-8-20/h4-9,16H,10-15H2,1-3H3. The van der Waals surface area contributed by atoms with Gasteiger partial charge in [0.05, 0.1) is 32.4 Å². The van der Waals surface area contributed by atoms with Gasteiger partial charge in [0.2, 0.25) is 0 Å². The molecule has 0 N–H and O–H groups in total. The number of amides is 2. The fourth-order valence-corrected chi connectivity index (χ4v) is 4.11. The molecule has 0 saturated carbocycles. The summed E-state index contributed by atoms with van der Waals surface area (Å²) in [5, 5.41) is 0. The first-order valence-electron chi connectivity index (χ1n) is 10.8. The SMILES string of the molecule is COc1ccc(OCCN2C(=O)C(c3ccc(C)cc3C)=C(N3CCOCC3)C2=O)cc1. The molecule has 168 valence electrons. The molecule has 1 fully saturated rings. The quantitative estimate of drug-likeness (QED) is 0.622. The summed E-state index contributed by atoms with van der Waals surface area (Å²) in [6, 6.07) is 13.1. The predicted molar refractivity (Wildman–Crippen MR) is 120 cm³/mol. The molecular weight excluding hydrogens is 408 g/mol. The second-order valence-corrected chi connectivity index (χ2v) is 7.93. The lowest BCUT2D eigenvalue weighted by atomic mass is 9.97. The molecule has 0 spiro atoms. The van der Waals surface area contributed by atoms with Crippen LogP contribution in [-0.2, 0) is 14.3 Å². The summed E-state index contributed by atoms with van der Waals surface area (Å²) < 4.78 is 16.4. The van der Waals surface area contributed by atoms with Crippen LogP contribution < -0.4 is 9.47 Å². The van der Waals surface area contributed by atoms with Gasteiger partial charge >= 0.3 is 0 Å². The molecule has 4 rings (SSSR count). The Morgan fingerprint density at radius 1 is 0.938 bits per heavy atom. The van der Waals surface area contributed by atoms with Crippen molar-refractivity contribution >= 4 is 17.4 Å². The van der Waals surface area contributed by atoms with Crippen molar-refractivity contribution in [3.05, 3.63) is 64.9 Å². The van der Waals surface area contributed by atoms with E-state index in [4.69, 9.17) is 14.2 Å². The van der Waals surface area contributed by atoms with Gasteiger partial charge in [0, 0.05) is 13.1 Å². The van der Waals surface area contributed by atoms with E-state index in [-0.39, 0.29) is 25.0 Å². The van der Waals surface area contributed by atoms with Crippen LogP contribution in [0.1, 0.15) is 16.7 Å². The topological polar surface area (TPSA) is 68.3 Å². The van der Waals surface area contributed by atoms with Crippen molar-refractivity contribution in [3.8, 4) is 11.5 Å². The number of morpholine rings is 1. The molecule has 0 aliphatic carbocycles. The van der Waals surface area contributed by atoms with Gasteiger partial charge in [0.1, 0.15) is 23.8 Å². The molecule has 0 aromatic heterocycles. The minimum absolute atomic E-state index is 0.173. The van der Waals surface area contributed by atoms with Gasteiger partial charge in [-0.05, 0) is 49.2 Å². The van der Waals surface area contributed by atoms with Crippen molar-refractivity contribution in [2.75, 3.05) is 46.6 Å². The van der Waals surface area contributed by atoms with Gasteiger partial charge in [-0.3, -0.25) is 14.5 Å². The largest absolute Gasteiger partial charge is 0.497 e. The lowest BCUT2D eigenvalue weighted by molar-refractivity contribution is -0.138. The first kappa shape index (κ1) is 21.9. The number of carbonyl (C=O) groups is 2. The summed E-state index contributed by atoms with van der Waals surface area (Å²) in [7, 11) is 1.60. The Balaban J connectivity index is 1.56. The fraction of sp³-hybridized carbons (Fsp3) is 0.360.